The molecule has 0 aliphatic heterocycles. The van der Waals surface area contributed by atoms with E-state index in [0.29, 0.717) is 12.2 Å². The van der Waals surface area contributed by atoms with Crippen LogP contribution in [0.15, 0.2) is 42.5 Å². The lowest BCUT2D eigenvalue weighted by atomic mass is 10.1. The van der Waals surface area contributed by atoms with Crippen LogP contribution in [0.1, 0.15) is 23.6 Å². The molecule has 2 rings (SSSR count). The molecule has 0 aliphatic rings. The molecule has 0 saturated carbocycles. The number of hydrogen-bond donors (Lipinski definition) is 2. The highest BCUT2D eigenvalue weighted by molar-refractivity contribution is 7.80. The van der Waals surface area contributed by atoms with E-state index >= 15 is 0 Å². The number of nitrogens with two attached hydrogens (primary N) is 1. The van der Waals surface area contributed by atoms with E-state index in [9.17, 15) is 4.39 Å². The van der Waals surface area contributed by atoms with Gasteiger partial charge < -0.3 is 11.1 Å². The van der Waals surface area contributed by atoms with Crippen molar-refractivity contribution < 1.29 is 4.39 Å². The fourth-order valence-electron chi connectivity index (χ4n) is 2.01. The molecule has 2 aromatic carbocycles. The SMILES string of the molecule is CCc1ccc(CNc2cccc(F)c2C(N)=S)cc1. The first-order valence-corrected chi connectivity index (χ1v) is 6.92. The Labute approximate surface area is 123 Å². The summed E-state index contributed by atoms with van der Waals surface area (Å²) in [6.07, 6.45) is 1.02. The highest BCUT2D eigenvalue weighted by Crippen LogP contribution is 2.19. The van der Waals surface area contributed by atoms with Gasteiger partial charge in [0.05, 0.1) is 5.56 Å². The van der Waals surface area contributed by atoms with E-state index in [1.165, 1.54) is 11.6 Å². The molecule has 0 atom stereocenters. The minimum atomic E-state index is -0.399. The Morgan fingerprint density at radius 1 is 1.15 bits per heavy atom. The maximum atomic E-state index is 13.7. The molecule has 4 heteroatoms. The van der Waals surface area contributed by atoms with E-state index in [2.05, 4.69) is 36.5 Å². The van der Waals surface area contributed by atoms with Crippen molar-refractivity contribution in [3.8, 4) is 0 Å². The molecule has 3 N–H and O–H groups in total. The van der Waals surface area contributed by atoms with Crippen molar-refractivity contribution in [2.24, 2.45) is 5.73 Å². The van der Waals surface area contributed by atoms with Gasteiger partial charge in [0.15, 0.2) is 0 Å². The average molecular weight is 288 g/mol. The predicted molar refractivity (Wildman–Crippen MR) is 85.4 cm³/mol. The van der Waals surface area contributed by atoms with E-state index in [1.807, 2.05) is 0 Å². The average Bonchev–Trinajstić information content (AvgIpc) is 2.45. The van der Waals surface area contributed by atoms with Crippen molar-refractivity contribution in [3.63, 3.8) is 0 Å². The number of anilines is 1. The largest absolute Gasteiger partial charge is 0.389 e. The fraction of sp³-hybridized carbons (Fsp3) is 0.188. The molecule has 0 unspecified atom stereocenters. The Morgan fingerprint density at radius 2 is 1.80 bits per heavy atom. The number of thiocarbonyl (C=S) groups is 1. The van der Waals surface area contributed by atoms with Gasteiger partial charge in [0.1, 0.15) is 10.8 Å². The van der Waals surface area contributed by atoms with Gasteiger partial charge in [0.25, 0.3) is 0 Å². The van der Waals surface area contributed by atoms with Crippen LogP contribution in [-0.2, 0) is 13.0 Å². The van der Waals surface area contributed by atoms with E-state index in [1.54, 1.807) is 12.1 Å². The van der Waals surface area contributed by atoms with Crippen LogP contribution >= 0.6 is 12.2 Å². The van der Waals surface area contributed by atoms with Crippen LogP contribution in [0.4, 0.5) is 10.1 Å². The van der Waals surface area contributed by atoms with E-state index in [0.717, 1.165) is 12.0 Å². The van der Waals surface area contributed by atoms with Crippen molar-refractivity contribution in [1.82, 2.24) is 0 Å². The summed E-state index contributed by atoms with van der Waals surface area (Å²) in [6.45, 7) is 2.72. The summed E-state index contributed by atoms with van der Waals surface area (Å²) >= 11 is 4.90. The van der Waals surface area contributed by atoms with E-state index in [-0.39, 0.29) is 10.6 Å². The summed E-state index contributed by atoms with van der Waals surface area (Å²) in [4.78, 5) is 0.0620. The van der Waals surface area contributed by atoms with Gasteiger partial charge in [-0.15, -0.1) is 0 Å². The van der Waals surface area contributed by atoms with Crippen LogP contribution in [0.5, 0.6) is 0 Å². The summed E-state index contributed by atoms with van der Waals surface area (Å²) in [5.74, 6) is -0.399. The van der Waals surface area contributed by atoms with Gasteiger partial charge in [-0.2, -0.15) is 0 Å². The minimum absolute atomic E-state index is 0.0620. The number of hydrogen-bond acceptors (Lipinski definition) is 2. The molecule has 0 aliphatic carbocycles. The van der Waals surface area contributed by atoms with Crippen LogP contribution in [0.2, 0.25) is 0 Å². The second-order valence-corrected chi connectivity index (χ2v) is 4.99. The molecule has 0 heterocycles. The molecule has 2 aromatic rings. The summed E-state index contributed by atoms with van der Waals surface area (Å²) in [6, 6.07) is 13.1. The third kappa shape index (κ3) is 3.33. The molecule has 104 valence electrons. The van der Waals surface area contributed by atoms with Crippen LogP contribution in [0, 0.1) is 5.82 Å². The lowest BCUT2D eigenvalue weighted by molar-refractivity contribution is 0.626. The molecule has 0 spiro atoms. The highest BCUT2D eigenvalue weighted by atomic mass is 32.1. The maximum absolute atomic E-state index is 13.7. The van der Waals surface area contributed by atoms with Gasteiger partial charge in [-0.25, -0.2) is 4.39 Å². The third-order valence-electron chi connectivity index (χ3n) is 3.17. The van der Waals surface area contributed by atoms with Crippen molar-refractivity contribution in [1.29, 1.82) is 0 Å². The summed E-state index contributed by atoms with van der Waals surface area (Å²) in [5, 5.41) is 3.18. The fourth-order valence-corrected chi connectivity index (χ4v) is 2.22. The second-order valence-electron chi connectivity index (χ2n) is 4.55. The van der Waals surface area contributed by atoms with Gasteiger partial charge >= 0.3 is 0 Å². The summed E-state index contributed by atoms with van der Waals surface area (Å²) in [5.41, 5.74) is 8.89. The van der Waals surface area contributed by atoms with Crippen LogP contribution in [0.25, 0.3) is 0 Å². The first-order chi connectivity index (χ1) is 9.61. The molecule has 0 amide bonds. The van der Waals surface area contributed by atoms with Gasteiger partial charge in [-0.3, -0.25) is 0 Å². The zero-order valence-electron chi connectivity index (χ0n) is 11.3. The van der Waals surface area contributed by atoms with Gasteiger partial charge in [0, 0.05) is 12.2 Å². The Morgan fingerprint density at radius 3 is 2.40 bits per heavy atom. The lowest BCUT2D eigenvalue weighted by Gasteiger charge is -2.12. The van der Waals surface area contributed by atoms with Crippen molar-refractivity contribution in [2.75, 3.05) is 5.32 Å². The molecular weight excluding hydrogens is 271 g/mol. The topological polar surface area (TPSA) is 38.0 Å². The summed E-state index contributed by atoms with van der Waals surface area (Å²) in [7, 11) is 0. The molecular formula is C16H17FN2S. The standard InChI is InChI=1S/C16H17FN2S/c1-2-11-6-8-12(9-7-11)10-19-14-5-3-4-13(17)15(14)16(18)20/h3-9,19H,2,10H2,1H3,(H2,18,20). The Kier molecular flexibility index (Phi) is 4.69. The zero-order chi connectivity index (χ0) is 14.5. The van der Waals surface area contributed by atoms with Gasteiger partial charge in [-0.1, -0.05) is 49.5 Å². The quantitative estimate of drug-likeness (QED) is 0.825. The van der Waals surface area contributed by atoms with Crippen LogP contribution in [0.3, 0.4) is 0 Å². The first kappa shape index (κ1) is 14.5. The number of nitrogens with one attached hydrogen (secondary N) is 1. The van der Waals surface area contributed by atoms with Crippen molar-refractivity contribution in [2.45, 2.75) is 19.9 Å². The third-order valence-corrected chi connectivity index (χ3v) is 3.38. The normalized spacial score (nSPS) is 10.3. The van der Waals surface area contributed by atoms with Crippen LogP contribution in [-0.4, -0.2) is 4.99 Å². The van der Waals surface area contributed by atoms with Crippen LogP contribution < -0.4 is 11.1 Å². The molecule has 0 fully saturated rings. The molecule has 0 radical (unpaired) electrons. The number of rotatable bonds is 5. The molecule has 0 aromatic heterocycles. The maximum Gasteiger partial charge on any atom is 0.135 e. The highest BCUT2D eigenvalue weighted by Gasteiger charge is 2.10. The van der Waals surface area contributed by atoms with Gasteiger partial charge in [0.2, 0.25) is 0 Å². The van der Waals surface area contributed by atoms with Crippen molar-refractivity contribution in [3.05, 3.63) is 65.0 Å². The smallest absolute Gasteiger partial charge is 0.135 e. The Bertz CT molecular complexity index is 608. The lowest BCUT2D eigenvalue weighted by Crippen LogP contribution is -2.15. The zero-order valence-corrected chi connectivity index (χ0v) is 12.1. The number of halogens is 1. The Hall–Kier alpha value is -1.94. The number of benzene rings is 2. The van der Waals surface area contributed by atoms with E-state index < -0.39 is 5.82 Å². The first-order valence-electron chi connectivity index (χ1n) is 6.51. The number of aryl methyl sites for hydroxylation is 1. The monoisotopic (exact) mass is 288 g/mol. The molecule has 20 heavy (non-hydrogen) atoms. The van der Waals surface area contributed by atoms with Crippen molar-refractivity contribution >= 4 is 22.9 Å². The second kappa shape index (κ2) is 6.48. The summed E-state index contributed by atoms with van der Waals surface area (Å²) < 4.78 is 13.7. The minimum Gasteiger partial charge on any atom is -0.389 e. The van der Waals surface area contributed by atoms with E-state index in [4.69, 9.17) is 18.0 Å². The molecule has 2 nitrogen and oxygen atoms in total. The Balaban J connectivity index is 2.14. The van der Waals surface area contributed by atoms with Gasteiger partial charge in [-0.05, 0) is 29.7 Å². The molecule has 0 bridgehead atoms. The predicted octanol–water partition coefficient (Wildman–Crippen LogP) is 3.63. The molecule has 0 saturated heterocycles.